The van der Waals surface area contributed by atoms with Crippen LogP contribution >= 0.6 is 0 Å². The van der Waals surface area contributed by atoms with Crippen molar-refractivity contribution < 1.29 is 23.1 Å². The van der Waals surface area contributed by atoms with Crippen molar-refractivity contribution in [2.45, 2.75) is 38.4 Å². The fourth-order valence-electron chi connectivity index (χ4n) is 1.73. The largest absolute Gasteiger partial charge is 0.416 e. The lowest BCUT2D eigenvalue weighted by Crippen LogP contribution is -2.46. The van der Waals surface area contributed by atoms with Gasteiger partial charge in [0, 0.05) is 17.7 Å². The highest BCUT2D eigenvalue weighted by molar-refractivity contribution is 5.94. The Kier molecular flexibility index (Phi) is 5.16. The first-order valence-corrected chi connectivity index (χ1v) is 6.32. The van der Waals surface area contributed by atoms with Gasteiger partial charge in [-0.25, -0.2) is 0 Å². The Morgan fingerprint density at radius 2 is 1.80 bits per heavy atom. The average Bonchev–Trinajstić information content (AvgIpc) is 2.38. The van der Waals surface area contributed by atoms with Gasteiger partial charge in [0.15, 0.2) is 0 Å². The Labute approximate surface area is 115 Å². The zero-order valence-electron chi connectivity index (χ0n) is 11.4. The van der Waals surface area contributed by atoms with Crippen LogP contribution in [-0.2, 0) is 6.18 Å². The SMILES string of the molecule is CCC(C)(CCO)NC(=O)c1ccc(C(F)(F)F)cc1. The van der Waals surface area contributed by atoms with Crippen LogP contribution in [0.3, 0.4) is 0 Å². The summed E-state index contributed by atoms with van der Waals surface area (Å²) in [5, 5.41) is 11.7. The van der Waals surface area contributed by atoms with Crippen LogP contribution in [0.5, 0.6) is 0 Å². The molecule has 3 nitrogen and oxygen atoms in total. The van der Waals surface area contributed by atoms with Gasteiger partial charge >= 0.3 is 6.18 Å². The molecular formula is C14H18F3NO2. The van der Waals surface area contributed by atoms with Crippen LogP contribution in [0.2, 0.25) is 0 Å². The van der Waals surface area contributed by atoms with E-state index in [0.29, 0.717) is 12.8 Å². The van der Waals surface area contributed by atoms with Crippen molar-refractivity contribution in [1.82, 2.24) is 5.32 Å². The molecule has 0 aromatic heterocycles. The first kappa shape index (κ1) is 16.5. The highest BCUT2D eigenvalue weighted by atomic mass is 19.4. The van der Waals surface area contributed by atoms with Crippen LogP contribution in [0.4, 0.5) is 13.2 Å². The van der Waals surface area contributed by atoms with Gasteiger partial charge in [-0.3, -0.25) is 4.79 Å². The summed E-state index contributed by atoms with van der Waals surface area (Å²) < 4.78 is 37.3. The molecule has 1 amide bonds. The van der Waals surface area contributed by atoms with Gasteiger partial charge in [0.25, 0.3) is 5.91 Å². The van der Waals surface area contributed by atoms with Crippen LogP contribution in [0.15, 0.2) is 24.3 Å². The van der Waals surface area contributed by atoms with Crippen molar-refractivity contribution in [3.63, 3.8) is 0 Å². The lowest BCUT2D eigenvalue weighted by Gasteiger charge is -2.29. The van der Waals surface area contributed by atoms with Gasteiger partial charge in [-0.2, -0.15) is 13.2 Å². The number of rotatable bonds is 5. The smallest absolute Gasteiger partial charge is 0.396 e. The maximum Gasteiger partial charge on any atom is 0.416 e. The van der Waals surface area contributed by atoms with Gasteiger partial charge in [0.05, 0.1) is 5.56 Å². The van der Waals surface area contributed by atoms with Crippen LogP contribution in [-0.4, -0.2) is 23.2 Å². The molecule has 1 aromatic rings. The van der Waals surface area contributed by atoms with Crippen LogP contribution < -0.4 is 5.32 Å². The standard InChI is InChI=1S/C14H18F3NO2/c1-3-13(2,8-9-19)18-12(20)10-4-6-11(7-5-10)14(15,16)17/h4-7,19H,3,8-9H2,1-2H3,(H,18,20). The normalized spacial score (nSPS) is 14.7. The second-order valence-corrected chi connectivity index (χ2v) is 4.92. The third kappa shape index (κ3) is 4.23. The predicted octanol–water partition coefficient (Wildman–Crippen LogP) is 2.99. The molecule has 2 N–H and O–H groups in total. The molecule has 0 spiro atoms. The summed E-state index contributed by atoms with van der Waals surface area (Å²) in [5.74, 6) is -0.448. The number of halogens is 3. The molecule has 0 aliphatic rings. The quantitative estimate of drug-likeness (QED) is 0.875. The van der Waals surface area contributed by atoms with E-state index in [-0.39, 0.29) is 12.2 Å². The summed E-state index contributed by atoms with van der Waals surface area (Å²) >= 11 is 0. The molecule has 0 aliphatic heterocycles. The number of carbonyl (C=O) groups is 1. The van der Waals surface area contributed by atoms with E-state index in [4.69, 9.17) is 5.11 Å². The summed E-state index contributed by atoms with van der Waals surface area (Å²) in [7, 11) is 0. The van der Waals surface area contributed by atoms with Crippen molar-refractivity contribution in [1.29, 1.82) is 0 Å². The van der Waals surface area contributed by atoms with Crippen LogP contribution in [0.25, 0.3) is 0 Å². The third-order valence-electron chi connectivity index (χ3n) is 3.33. The minimum Gasteiger partial charge on any atom is -0.396 e. The molecule has 0 saturated carbocycles. The summed E-state index contributed by atoms with van der Waals surface area (Å²) in [6, 6.07) is 4.05. The molecule has 0 radical (unpaired) electrons. The first-order chi connectivity index (χ1) is 9.22. The van der Waals surface area contributed by atoms with E-state index in [1.54, 1.807) is 6.92 Å². The summed E-state index contributed by atoms with van der Waals surface area (Å²) in [6.07, 6.45) is -3.42. The van der Waals surface area contributed by atoms with Crippen molar-refractivity contribution >= 4 is 5.91 Å². The van der Waals surface area contributed by atoms with Crippen LogP contribution in [0, 0.1) is 0 Å². The highest BCUT2D eigenvalue weighted by Gasteiger charge is 2.30. The summed E-state index contributed by atoms with van der Waals surface area (Å²) in [5.41, 5.74) is -1.20. The molecule has 1 rings (SSSR count). The average molecular weight is 289 g/mol. The molecule has 20 heavy (non-hydrogen) atoms. The van der Waals surface area contributed by atoms with Crippen LogP contribution in [0.1, 0.15) is 42.6 Å². The Morgan fingerprint density at radius 3 is 2.20 bits per heavy atom. The van der Waals surface area contributed by atoms with E-state index in [1.807, 2.05) is 6.92 Å². The molecule has 1 atom stereocenters. The minimum atomic E-state index is -4.41. The third-order valence-corrected chi connectivity index (χ3v) is 3.33. The maximum atomic E-state index is 12.4. The molecule has 6 heteroatoms. The zero-order valence-corrected chi connectivity index (χ0v) is 11.4. The molecule has 1 unspecified atom stereocenters. The van der Waals surface area contributed by atoms with Gasteiger partial charge in [0.2, 0.25) is 0 Å². The minimum absolute atomic E-state index is 0.0718. The van der Waals surface area contributed by atoms with E-state index in [0.717, 1.165) is 24.3 Å². The number of aliphatic hydroxyl groups is 1. The van der Waals surface area contributed by atoms with E-state index in [1.165, 1.54) is 0 Å². The Bertz CT molecular complexity index is 456. The van der Waals surface area contributed by atoms with Gasteiger partial charge in [-0.05, 0) is 44.0 Å². The second kappa shape index (κ2) is 6.26. The van der Waals surface area contributed by atoms with Crippen molar-refractivity contribution in [3.05, 3.63) is 35.4 Å². The molecule has 0 saturated heterocycles. The Hall–Kier alpha value is -1.56. The number of amides is 1. The molecule has 0 fully saturated rings. The second-order valence-electron chi connectivity index (χ2n) is 4.92. The molecule has 0 heterocycles. The van der Waals surface area contributed by atoms with Gasteiger partial charge in [0.1, 0.15) is 0 Å². The van der Waals surface area contributed by atoms with Crippen molar-refractivity contribution in [3.8, 4) is 0 Å². The highest BCUT2D eigenvalue weighted by Crippen LogP contribution is 2.29. The Balaban J connectivity index is 2.83. The van der Waals surface area contributed by atoms with E-state index >= 15 is 0 Å². The van der Waals surface area contributed by atoms with Gasteiger partial charge in [-0.15, -0.1) is 0 Å². The number of hydrogen-bond acceptors (Lipinski definition) is 2. The maximum absolute atomic E-state index is 12.4. The number of aliphatic hydroxyl groups excluding tert-OH is 1. The number of carbonyl (C=O) groups excluding carboxylic acids is 1. The van der Waals surface area contributed by atoms with Gasteiger partial charge < -0.3 is 10.4 Å². The topological polar surface area (TPSA) is 49.3 Å². The first-order valence-electron chi connectivity index (χ1n) is 6.32. The summed E-state index contributed by atoms with van der Waals surface area (Å²) in [4.78, 5) is 12.0. The van der Waals surface area contributed by atoms with E-state index in [9.17, 15) is 18.0 Å². The number of nitrogens with one attached hydrogen (secondary N) is 1. The lowest BCUT2D eigenvalue weighted by molar-refractivity contribution is -0.137. The van der Waals surface area contributed by atoms with Crippen molar-refractivity contribution in [2.75, 3.05) is 6.61 Å². The predicted molar refractivity (Wildman–Crippen MR) is 69.3 cm³/mol. The molecule has 0 bridgehead atoms. The summed E-state index contributed by atoms with van der Waals surface area (Å²) in [6.45, 7) is 3.57. The molecular weight excluding hydrogens is 271 g/mol. The van der Waals surface area contributed by atoms with Gasteiger partial charge in [-0.1, -0.05) is 6.92 Å². The number of alkyl halides is 3. The molecule has 1 aromatic carbocycles. The molecule has 112 valence electrons. The number of benzene rings is 1. The Morgan fingerprint density at radius 1 is 1.25 bits per heavy atom. The fourth-order valence-corrected chi connectivity index (χ4v) is 1.73. The lowest BCUT2D eigenvalue weighted by atomic mass is 9.94. The number of hydrogen-bond donors (Lipinski definition) is 2. The van der Waals surface area contributed by atoms with E-state index in [2.05, 4.69) is 5.32 Å². The molecule has 0 aliphatic carbocycles. The van der Waals surface area contributed by atoms with E-state index < -0.39 is 23.2 Å². The van der Waals surface area contributed by atoms with Crippen molar-refractivity contribution in [2.24, 2.45) is 0 Å². The zero-order chi connectivity index (χ0) is 15.4. The monoisotopic (exact) mass is 289 g/mol. The fraction of sp³-hybridized carbons (Fsp3) is 0.500.